The maximum atomic E-state index is 13.0. The Bertz CT molecular complexity index is 2990. The number of hydrogen-bond acceptors (Lipinski definition) is 10. The summed E-state index contributed by atoms with van der Waals surface area (Å²) in [5.41, 5.74) is 11.0. The summed E-state index contributed by atoms with van der Waals surface area (Å²) in [5.74, 6) is 0.227. The Hall–Kier alpha value is -9.10. The number of anilines is 10. The number of fused-ring (bicyclic) bond motifs is 1. The molecule has 6 N–H and O–H groups in total. The molecule has 0 aliphatic carbocycles. The van der Waals surface area contributed by atoms with Crippen LogP contribution >= 0.6 is 0 Å². The first-order valence-corrected chi connectivity index (χ1v) is 20.4. The van der Waals surface area contributed by atoms with Crippen molar-refractivity contribution in [1.29, 1.82) is 0 Å². The molecule has 0 unspecified atom stereocenters. The molecule has 2 amide bonds. The molecular formula is C51H41N10O3+. The summed E-state index contributed by atoms with van der Waals surface area (Å²) in [7, 11) is 0. The summed E-state index contributed by atoms with van der Waals surface area (Å²) >= 11 is 0. The van der Waals surface area contributed by atoms with E-state index in [-0.39, 0.29) is 5.91 Å². The number of hydrogen-bond donors (Lipinski definition) is 6. The zero-order valence-electron chi connectivity index (χ0n) is 34.3. The molecule has 0 saturated heterocycles. The van der Waals surface area contributed by atoms with E-state index in [1.54, 1.807) is 67.4 Å². The molecule has 0 fully saturated rings. The molecule has 0 saturated carbocycles. The number of rotatable bonds is 14. The van der Waals surface area contributed by atoms with Crippen molar-refractivity contribution >= 4 is 79.8 Å². The lowest BCUT2D eigenvalue weighted by atomic mass is 10.1. The summed E-state index contributed by atoms with van der Waals surface area (Å²) in [6.45, 7) is 0.656. The number of benzene rings is 5. The Morgan fingerprint density at radius 3 is 1.55 bits per heavy atom. The van der Waals surface area contributed by atoms with Crippen molar-refractivity contribution in [2.24, 2.45) is 0 Å². The van der Waals surface area contributed by atoms with Crippen LogP contribution in [0.3, 0.4) is 0 Å². The lowest BCUT2D eigenvalue weighted by Crippen LogP contribution is -2.33. The Morgan fingerprint density at radius 2 is 0.953 bits per heavy atom. The number of ether oxygens (including phenoxy) is 1. The second kappa shape index (κ2) is 19.1. The van der Waals surface area contributed by atoms with Crippen LogP contribution in [0.15, 0.2) is 201 Å². The number of carbonyl (C=O) groups excluding carboxylic acids is 2. The fourth-order valence-corrected chi connectivity index (χ4v) is 6.82. The first kappa shape index (κ1) is 40.3. The molecule has 0 spiro atoms. The molecule has 0 aliphatic rings. The molecule has 0 aliphatic heterocycles. The van der Waals surface area contributed by atoms with Crippen LogP contribution in [-0.4, -0.2) is 27.0 Å². The standard InChI is InChI=1S/C51H40N10O3/c62-50(36-2-4-37(5-3-36)55-43-19-26-52-27-20-43)59-41-10-8-40(9-11-41)58-49-23-30-54-48-18-1-35(33-47(48)49)34-61-31-24-45(25-32-61)57-39-14-16-46(17-15-39)64-51(63)60-42-12-6-38(7-13-42)56-44-21-28-53-29-22-44/h1-33H,34H2,(H5,52,53,54,55,56,58,59,60,62,63)/p+1. The number of nitrogens with one attached hydrogen (secondary N) is 6. The summed E-state index contributed by atoms with van der Waals surface area (Å²) in [6.07, 6.45) is 12.1. The molecule has 312 valence electrons. The van der Waals surface area contributed by atoms with Gasteiger partial charge >= 0.3 is 6.09 Å². The highest BCUT2D eigenvalue weighted by Gasteiger charge is 2.11. The van der Waals surface area contributed by atoms with Crippen molar-refractivity contribution in [3.8, 4) is 5.75 Å². The topological polar surface area (TPSA) is 158 Å². The minimum atomic E-state index is -0.581. The maximum Gasteiger partial charge on any atom is 0.417 e. The third-order valence-corrected chi connectivity index (χ3v) is 10.1. The van der Waals surface area contributed by atoms with E-state index in [0.717, 1.165) is 62.0 Å². The summed E-state index contributed by atoms with van der Waals surface area (Å²) in [5, 5.41) is 20.2. The molecular weight excluding hydrogens is 801 g/mol. The van der Waals surface area contributed by atoms with Gasteiger partial charge in [-0.1, -0.05) is 6.07 Å². The van der Waals surface area contributed by atoms with Crippen molar-refractivity contribution in [2.75, 3.05) is 31.9 Å². The number of pyridine rings is 4. The molecule has 4 aromatic heterocycles. The number of carbonyl (C=O) groups is 2. The molecule has 13 heteroatoms. The van der Waals surface area contributed by atoms with Crippen molar-refractivity contribution in [3.63, 3.8) is 0 Å². The van der Waals surface area contributed by atoms with Crippen molar-refractivity contribution in [1.82, 2.24) is 15.0 Å². The van der Waals surface area contributed by atoms with E-state index in [1.807, 2.05) is 122 Å². The fraction of sp³-hybridized carbons (Fsp3) is 0.0196. The van der Waals surface area contributed by atoms with E-state index >= 15 is 0 Å². The molecule has 13 nitrogen and oxygen atoms in total. The first-order valence-electron chi connectivity index (χ1n) is 20.4. The third kappa shape index (κ3) is 10.6. The van der Waals surface area contributed by atoms with Crippen LogP contribution in [0.4, 0.5) is 61.7 Å². The van der Waals surface area contributed by atoms with Crippen molar-refractivity contribution in [3.05, 3.63) is 212 Å². The van der Waals surface area contributed by atoms with Crippen LogP contribution in [0, 0.1) is 0 Å². The normalized spacial score (nSPS) is 10.7. The lowest BCUT2D eigenvalue weighted by molar-refractivity contribution is -0.688. The molecule has 9 aromatic rings. The average Bonchev–Trinajstić information content (AvgIpc) is 3.32. The van der Waals surface area contributed by atoms with E-state index in [4.69, 9.17) is 4.74 Å². The van der Waals surface area contributed by atoms with E-state index in [9.17, 15) is 9.59 Å². The van der Waals surface area contributed by atoms with E-state index in [1.165, 1.54) is 0 Å². The number of amides is 2. The van der Waals surface area contributed by atoms with Gasteiger partial charge in [-0.05, 0) is 140 Å². The van der Waals surface area contributed by atoms with Crippen molar-refractivity contribution < 1.29 is 18.9 Å². The SMILES string of the molecule is O=C(Nc1ccc(Nc2ccncc2)cc1)Oc1ccc(Nc2cc[n+](Cc3ccc4nccc(Nc5ccc(NC(=O)c6ccc(Nc7ccncc7)cc6)cc5)c4c3)cc2)cc1. The van der Waals surface area contributed by atoms with Gasteiger partial charge in [0.1, 0.15) is 5.75 Å². The van der Waals surface area contributed by atoms with Crippen LogP contribution in [0.25, 0.3) is 10.9 Å². The minimum Gasteiger partial charge on any atom is -0.410 e. The van der Waals surface area contributed by atoms with Gasteiger partial charge in [0.2, 0.25) is 0 Å². The highest BCUT2D eigenvalue weighted by atomic mass is 16.6. The zero-order valence-corrected chi connectivity index (χ0v) is 34.3. The first-order chi connectivity index (χ1) is 31.4. The predicted octanol–water partition coefficient (Wildman–Crippen LogP) is 11.2. The van der Waals surface area contributed by atoms with E-state index in [2.05, 4.69) is 63.6 Å². The monoisotopic (exact) mass is 841 g/mol. The maximum absolute atomic E-state index is 13.0. The Morgan fingerprint density at radius 1 is 0.469 bits per heavy atom. The second-order valence-corrected chi connectivity index (χ2v) is 14.7. The smallest absolute Gasteiger partial charge is 0.410 e. The highest BCUT2D eigenvalue weighted by molar-refractivity contribution is 6.04. The average molecular weight is 842 g/mol. The molecule has 5 aromatic carbocycles. The Kier molecular flexibility index (Phi) is 12.0. The van der Waals surface area contributed by atoms with Gasteiger partial charge in [-0.3, -0.25) is 25.1 Å². The van der Waals surface area contributed by atoms with Crippen LogP contribution in [0.2, 0.25) is 0 Å². The van der Waals surface area contributed by atoms with Crippen LogP contribution in [0.1, 0.15) is 15.9 Å². The van der Waals surface area contributed by atoms with Crippen LogP contribution in [-0.2, 0) is 6.54 Å². The molecule has 4 heterocycles. The molecule has 0 radical (unpaired) electrons. The van der Waals surface area contributed by atoms with Gasteiger partial charge in [-0.2, -0.15) is 0 Å². The predicted molar refractivity (Wildman–Crippen MR) is 252 cm³/mol. The van der Waals surface area contributed by atoms with Crippen molar-refractivity contribution in [2.45, 2.75) is 6.54 Å². The highest BCUT2D eigenvalue weighted by Crippen LogP contribution is 2.28. The van der Waals surface area contributed by atoms with E-state index in [0.29, 0.717) is 29.2 Å². The van der Waals surface area contributed by atoms with Gasteiger partial charge in [0.05, 0.1) is 11.2 Å². The quantitative estimate of drug-likeness (QED) is 0.0582. The van der Waals surface area contributed by atoms with Gasteiger partial charge in [0.25, 0.3) is 5.91 Å². The minimum absolute atomic E-state index is 0.192. The van der Waals surface area contributed by atoms with Crippen LogP contribution in [0.5, 0.6) is 5.75 Å². The Labute approximate surface area is 368 Å². The van der Waals surface area contributed by atoms with Gasteiger partial charge in [0.15, 0.2) is 18.9 Å². The van der Waals surface area contributed by atoms with E-state index < -0.39 is 6.09 Å². The largest absolute Gasteiger partial charge is 0.417 e. The fourth-order valence-electron chi connectivity index (χ4n) is 6.82. The summed E-state index contributed by atoms with van der Waals surface area (Å²) in [6, 6.07) is 49.2. The summed E-state index contributed by atoms with van der Waals surface area (Å²) < 4.78 is 7.61. The molecule has 0 atom stereocenters. The van der Waals surface area contributed by atoms with Gasteiger partial charge < -0.3 is 31.3 Å². The zero-order chi connectivity index (χ0) is 43.5. The Balaban J connectivity index is 0.758. The third-order valence-electron chi connectivity index (χ3n) is 10.1. The lowest BCUT2D eigenvalue weighted by Gasteiger charge is -2.12. The van der Waals surface area contributed by atoms with Gasteiger partial charge in [-0.25, -0.2) is 9.36 Å². The van der Waals surface area contributed by atoms with Gasteiger partial charge in [-0.15, -0.1) is 0 Å². The summed E-state index contributed by atoms with van der Waals surface area (Å²) in [4.78, 5) is 38.2. The second-order valence-electron chi connectivity index (χ2n) is 14.7. The molecule has 64 heavy (non-hydrogen) atoms. The van der Waals surface area contributed by atoms with Gasteiger partial charge in [0, 0.05) is 111 Å². The van der Waals surface area contributed by atoms with Crippen LogP contribution < -0.4 is 41.2 Å². The number of nitrogens with zero attached hydrogens (tertiary/aromatic N) is 4. The molecule has 0 bridgehead atoms. The number of aromatic nitrogens is 4. The molecule has 9 rings (SSSR count).